The van der Waals surface area contributed by atoms with Crippen molar-refractivity contribution in [1.82, 2.24) is 20.4 Å². The van der Waals surface area contributed by atoms with Crippen LogP contribution < -0.4 is 5.32 Å². The van der Waals surface area contributed by atoms with Crippen LogP contribution in [0.1, 0.15) is 54.8 Å². The van der Waals surface area contributed by atoms with Crippen LogP contribution in [0.5, 0.6) is 0 Å². The topological polar surface area (TPSA) is 71.3 Å². The average Bonchev–Trinajstić information content (AvgIpc) is 3.27. The standard InChI is InChI=1S/C26H32N4O2/c1-4-23(20-10-8-18(2)9-11-20)27-26(31)21-12-14-30(15-13-21)17-24-28-25(29-32-24)22-7-5-6-19(3)16-22/h5-11,16,21,23H,4,12-15,17H2,1-3H3,(H,27,31). The van der Waals surface area contributed by atoms with Crippen molar-refractivity contribution in [1.29, 1.82) is 0 Å². The van der Waals surface area contributed by atoms with Crippen LogP contribution in [0.25, 0.3) is 11.4 Å². The third-order valence-corrected chi connectivity index (χ3v) is 6.27. The van der Waals surface area contributed by atoms with Gasteiger partial charge in [0.25, 0.3) is 0 Å². The number of likely N-dealkylation sites (tertiary alicyclic amines) is 1. The van der Waals surface area contributed by atoms with E-state index in [0.29, 0.717) is 18.3 Å². The van der Waals surface area contributed by atoms with Crippen LogP contribution in [-0.2, 0) is 11.3 Å². The zero-order valence-corrected chi connectivity index (χ0v) is 19.2. The molecule has 1 fully saturated rings. The molecule has 6 heteroatoms. The van der Waals surface area contributed by atoms with Crippen LogP contribution in [0.4, 0.5) is 0 Å². The Labute approximate surface area is 190 Å². The molecule has 3 aromatic rings. The Morgan fingerprint density at radius 3 is 2.56 bits per heavy atom. The first-order chi connectivity index (χ1) is 15.5. The molecule has 1 unspecified atom stereocenters. The van der Waals surface area contributed by atoms with Gasteiger partial charge in [0.15, 0.2) is 0 Å². The summed E-state index contributed by atoms with van der Waals surface area (Å²) in [6.07, 6.45) is 2.57. The molecule has 1 amide bonds. The van der Waals surface area contributed by atoms with E-state index in [1.165, 1.54) is 16.7 Å². The number of nitrogens with one attached hydrogen (secondary N) is 1. The Morgan fingerprint density at radius 2 is 1.88 bits per heavy atom. The van der Waals surface area contributed by atoms with E-state index in [4.69, 9.17) is 4.52 Å². The van der Waals surface area contributed by atoms with Crippen molar-refractivity contribution in [3.05, 3.63) is 71.1 Å². The van der Waals surface area contributed by atoms with Gasteiger partial charge >= 0.3 is 0 Å². The second-order valence-electron chi connectivity index (χ2n) is 8.81. The number of piperidine rings is 1. The van der Waals surface area contributed by atoms with Gasteiger partial charge in [-0.15, -0.1) is 0 Å². The number of amides is 1. The number of nitrogens with zero attached hydrogens (tertiary/aromatic N) is 3. The van der Waals surface area contributed by atoms with E-state index in [0.717, 1.165) is 37.9 Å². The number of benzene rings is 2. The van der Waals surface area contributed by atoms with Crippen molar-refractivity contribution in [3.63, 3.8) is 0 Å². The molecule has 0 aliphatic carbocycles. The lowest BCUT2D eigenvalue weighted by atomic mass is 9.94. The van der Waals surface area contributed by atoms with Crippen LogP contribution in [-0.4, -0.2) is 34.0 Å². The molecule has 1 aliphatic rings. The third-order valence-electron chi connectivity index (χ3n) is 6.27. The number of rotatable bonds is 7. The molecule has 6 nitrogen and oxygen atoms in total. The lowest BCUT2D eigenvalue weighted by Gasteiger charge is -2.31. The van der Waals surface area contributed by atoms with E-state index >= 15 is 0 Å². The summed E-state index contributed by atoms with van der Waals surface area (Å²) in [5.41, 5.74) is 4.54. The molecule has 32 heavy (non-hydrogen) atoms. The Balaban J connectivity index is 1.28. The summed E-state index contributed by atoms with van der Waals surface area (Å²) in [7, 11) is 0. The molecule has 0 bridgehead atoms. The van der Waals surface area contributed by atoms with E-state index in [1.54, 1.807) is 0 Å². The minimum atomic E-state index is 0.0521. The monoisotopic (exact) mass is 432 g/mol. The average molecular weight is 433 g/mol. The fourth-order valence-corrected chi connectivity index (χ4v) is 4.27. The number of hydrogen-bond donors (Lipinski definition) is 1. The molecule has 2 aromatic carbocycles. The summed E-state index contributed by atoms with van der Waals surface area (Å²) in [4.78, 5) is 19.7. The van der Waals surface area contributed by atoms with Crippen LogP contribution in [0.15, 0.2) is 53.1 Å². The lowest BCUT2D eigenvalue weighted by Crippen LogP contribution is -2.41. The third kappa shape index (κ3) is 5.43. The first kappa shape index (κ1) is 22.2. The molecule has 1 saturated heterocycles. The predicted octanol–water partition coefficient (Wildman–Crippen LogP) is 4.83. The van der Waals surface area contributed by atoms with Crippen LogP contribution in [0.3, 0.4) is 0 Å². The first-order valence-corrected chi connectivity index (χ1v) is 11.5. The van der Waals surface area contributed by atoms with Crippen molar-refractivity contribution in [2.75, 3.05) is 13.1 Å². The number of carbonyl (C=O) groups is 1. The van der Waals surface area contributed by atoms with Crippen LogP contribution in [0.2, 0.25) is 0 Å². The maximum Gasteiger partial charge on any atom is 0.241 e. The highest BCUT2D eigenvalue weighted by Crippen LogP contribution is 2.23. The molecular weight excluding hydrogens is 400 g/mol. The highest BCUT2D eigenvalue weighted by atomic mass is 16.5. The van der Waals surface area contributed by atoms with Crippen molar-refractivity contribution in [3.8, 4) is 11.4 Å². The van der Waals surface area contributed by atoms with Gasteiger partial charge in [0.1, 0.15) is 0 Å². The van der Waals surface area contributed by atoms with E-state index in [9.17, 15) is 4.79 Å². The molecule has 2 heterocycles. The highest BCUT2D eigenvalue weighted by molar-refractivity contribution is 5.79. The predicted molar refractivity (Wildman–Crippen MR) is 125 cm³/mol. The maximum absolute atomic E-state index is 12.9. The van der Waals surface area contributed by atoms with Gasteiger partial charge < -0.3 is 9.84 Å². The van der Waals surface area contributed by atoms with Gasteiger partial charge in [-0.2, -0.15) is 4.98 Å². The molecule has 0 spiro atoms. The van der Waals surface area contributed by atoms with E-state index in [2.05, 4.69) is 64.5 Å². The Hall–Kier alpha value is -2.99. The number of aryl methyl sites for hydroxylation is 2. The Bertz CT molecular complexity index is 1040. The number of hydrogen-bond acceptors (Lipinski definition) is 5. The van der Waals surface area contributed by atoms with Gasteiger partial charge in [-0.05, 0) is 57.8 Å². The summed E-state index contributed by atoms with van der Waals surface area (Å²) in [5, 5.41) is 7.40. The van der Waals surface area contributed by atoms with E-state index in [-0.39, 0.29) is 17.9 Å². The van der Waals surface area contributed by atoms with E-state index in [1.807, 2.05) is 25.1 Å². The summed E-state index contributed by atoms with van der Waals surface area (Å²) < 4.78 is 5.48. The van der Waals surface area contributed by atoms with Crippen molar-refractivity contribution in [2.45, 2.75) is 52.6 Å². The Kier molecular flexibility index (Phi) is 7.00. The van der Waals surface area contributed by atoms with Crippen molar-refractivity contribution in [2.24, 2.45) is 5.92 Å². The molecule has 168 valence electrons. The molecular formula is C26H32N4O2. The van der Waals surface area contributed by atoms with Gasteiger partial charge in [-0.1, -0.05) is 65.7 Å². The van der Waals surface area contributed by atoms with Gasteiger partial charge in [0, 0.05) is 11.5 Å². The van der Waals surface area contributed by atoms with Gasteiger partial charge in [-0.3, -0.25) is 9.69 Å². The maximum atomic E-state index is 12.9. The molecule has 1 atom stereocenters. The minimum Gasteiger partial charge on any atom is -0.349 e. The van der Waals surface area contributed by atoms with Gasteiger partial charge in [0.05, 0.1) is 12.6 Å². The first-order valence-electron chi connectivity index (χ1n) is 11.5. The van der Waals surface area contributed by atoms with E-state index < -0.39 is 0 Å². The van der Waals surface area contributed by atoms with Gasteiger partial charge in [0.2, 0.25) is 17.6 Å². The fourth-order valence-electron chi connectivity index (χ4n) is 4.27. The Morgan fingerprint density at radius 1 is 1.12 bits per heavy atom. The smallest absolute Gasteiger partial charge is 0.241 e. The second kappa shape index (κ2) is 10.1. The summed E-state index contributed by atoms with van der Waals surface area (Å²) in [6.45, 7) is 8.56. The highest BCUT2D eigenvalue weighted by Gasteiger charge is 2.27. The number of aromatic nitrogens is 2. The minimum absolute atomic E-state index is 0.0521. The normalized spacial score (nSPS) is 16.1. The quantitative estimate of drug-likeness (QED) is 0.579. The second-order valence-corrected chi connectivity index (χ2v) is 8.81. The largest absolute Gasteiger partial charge is 0.349 e. The summed E-state index contributed by atoms with van der Waals surface area (Å²) in [5.74, 6) is 1.46. The lowest BCUT2D eigenvalue weighted by molar-refractivity contribution is -0.127. The van der Waals surface area contributed by atoms with Gasteiger partial charge in [-0.25, -0.2) is 0 Å². The summed E-state index contributed by atoms with van der Waals surface area (Å²) in [6, 6.07) is 16.6. The number of carbonyl (C=O) groups excluding carboxylic acids is 1. The fraction of sp³-hybridized carbons (Fsp3) is 0.423. The van der Waals surface area contributed by atoms with Crippen molar-refractivity contribution >= 4 is 5.91 Å². The zero-order chi connectivity index (χ0) is 22.5. The molecule has 1 N–H and O–H groups in total. The SMILES string of the molecule is CCC(NC(=O)C1CCN(Cc2nc(-c3cccc(C)c3)no2)CC1)c1ccc(C)cc1. The van der Waals surface area contributed by atoms with Crippen LogP contribution >= 0.6 is 0 Å². The molecule has 4 rings (SSSR count). The molecule has 1 aliphatic heterocycles. The van der Waals surface area contributed by atoms with Crippen molar-refractivity contribution < 1.29 is 9.32 Å². The van der Waals surface area contributed by atoms with Crippen LogP contribution in [0, 0.1) is 19.8 Å². The summed E-state index contributed by atoms with van der Waals surface area (Å²) >= 11 is 0. The molecule has 0 radical (unpaired) electrons. The molecule has 1 aromatic heterocycles. The zero-order valence-electron chi connectivity index (χ0n) is 19.2. The molecule has 0 saturated carbocycles.